The van der Waals surface area contributed by atoms with E-state index in [4.69, 9.17) is 4.74 Å². The molecule has 6 heteroatoms. The number of aryl methyl sites for hydroxylation is 1. The summed E-state index contributed by atoms with van der Waals surface area (Å²) in [7, 11) is 3.48. The average molecular weight is 321 g/mol. The number of urea groups is 1. The lowest BCUT2D eigenvalue weighted by Gasteiger charge is -2.17. The van der Waals surface area contributed by atoms with Crippen molar-refractivity contribution in [2.24, 2.45) is 0 Å². The maximum Gasteiger partial charge on any atom is 0.321 e. The van der Waals surface area contributed by atoms with Crippen LogP contribution in [0.15, 0.2) is 18.2 Å². The lowest BCUT2D eigenvalue weighted by atomic mass is 10.1. The van der Waals surface area contributed by atoms with Crippen LogP contribution in [0.5, 0.6) is 5.75 Å². The second-order valence-electron chi connectivity index (χ2n) is 5.63. The van der Waals surface area contributed by atoms with Gasteiger partial charge in [-0.05, 0) is 37.6 Å². The highest BCUT2D eigenvalue weighted by molar-refractivity contribution is 5.95. The molecular weight excluding hydrogens is 294 g/mol. The molecule has 3 amide bonds. The first-order valence-electron chi connectivity index (χ1n) is 7.86. The van der Waals surface area contributed by atoms with Crippen LogP contribution in [0, 0.1) is 6.92 Å². The molecule has 0 bridgehead atoms. The Bertz CT molecular complexity index is 532. The van der Waals surface area contributed by atoms with Gasteiger partial charge < -0.3 is 10.1 Å². The summed E-state index contributed by atoms with van der Waals surface area (Å²) in [5, 5.41) is 4.99. The zero-order valence-corrected chi connectivity index (χ0v) is 14.4. The van der Waals surface area contributed by atoms with Gasteiger partial charge in [0.05, 0.1) is 13.7 Å². The van der Waals surface area contributed by atoms with Crippen LogP contribution in [-0.4, -0.2) is 44.1 Å². The number of benzene rings is 1. The lowest BCUT2D eigenvalue weighted by molar-refractivity contribution is -0.120. The van der Waals surface area contributed by atoms with Gasteiger partial charge in [-0.3, -0.25) is 15.0 Å². The van der Waals surface area contributed by atoms with Crippen LogP contribution in [0.4, 0.5) is 4.79 Å². The molecule has 0 heterocycles. The molecule has 1 rings (SSSR count). The van der Waals surface area contributed by atoms with E-state index >= 15 is 0 Å². The molecule has 0 spiro atoms. The Balaban J connectivity index is 2.40. The van der Waals surface area contributed by atoms with Crippen LogP contribution in [-0.2, 0) is 11.3 Å². The SMILES string of the molecule is CCCCNC(=O)NC(=O)CN(C)Cc1ccc(OC)c(C)c1. The molecule has 23 heavy (non-hydrogen) atoms. The molecule has 0 atom stereocenters. The minimum absolute atomic E-state index is 0.159. The molecule has 0 aliphatic carbocycles. The van der Waals surface area contributed by atoms with E-state index < -0.39 is 6.03 Å². The third-order valence-corrected chi connectivity index (χ3v) is 3.39. The highest BCUT2D eigenvalue weighted by Gasteiger charge is 2.11. The first kappa shape index (κ1) is 19.0. The van der Waals surface area contributed by atoms with Crippen molar-refractivity contribution in [2.75, 3.05) is 27.2 Å². The van der Waals surface area contributed by atoms with Crippen molar-refractivity contribution >= 4 is 11.9 Å². The van der Waals surface area contributed by atoms with Crippen LogP contribution in [0.3, 0.4) is 0 Å². The molecule has 0 fully saturated rings. The van der Waals surface area contributed by atoms with Crippen LogP contribution in [0.1, 0.15) is 30.9 Å². The number of amides is 3. The number of carbonyl (C=O) groups is 2. The fourth-order valence-corrected chi connectivity index (χ4v) is 2.24. The molecule has 1 aromatic carbocycles. The number of methoxy groups -OCH3 is 1. The van der Waals surface area contributed by atoms with Crippen molar-refractivity contribution in [1.82, 2.24) is 15.5 Å². The lowest BCUT2D eigenvalue weighted by Crippen LogP contribution is -2.43. The molecular formula is C17H27N3O3. The fraction of sp³-hybridized carbons (Fsp3) is 0.529. The molecule has 1 aromatic rings. The van der Waals surface area contributed by atoms with E-state index in [1.807, 2.05) is 44.0 Å². The summed E-state index contributed by atoms with van der Waals surface area (Å²) in [4.78, 5) is 25.2. The molecule has 0 unspecified atom stereocenters. The normalized spacial score (nSPS) is 10.5. The smallest absolute Gasteiger partial charge is 0.321 e. The molecule has 0 saturated heterocycles. The van der Waals surface area contributed by atoms with Crippen LogP contribution < -0.4 is 15.4 Å². The van der Waals surface area contributed by atoms with E-state index in [2.05, 4.69) is 10.6 Å². The van der Waals surface area contributed by atoms with E-state index in [0.29, 0.717) is 13.1 Å². The number of unbranched alkanes of at least 4 members (excludes halogenated alkanes) is 1. The number of nitrogens with one attached hydrogen (secondary N) is 2. The zero-order chi connectivity index (χ0) is 17.2. The van der Waals surface area contributed by atoms with Gasteiger partial charge in [0.1, 0.15) is 5.75 Å². The topological polar surface area (TPSA) is 70.7 Å². The number of imide groups is 1. The zero-order valence-electron chi connectivity index (χ0n) is 14.4. The Labute approximate surface area is 138 Å². The van der Waals surface area contributed by atoms with E-state index in [1.165, 1.54) is 0 Å². The minimum Gasteiger partial charge on any atom is -0.496 e. The van der Waals surface area contributed by atoms with Gasteiger partial charge in [0.2, 0.25) is 5.91 Å². The Morgan fingerprint density at radius 2 is 2.04 bits per heavy atom. The predicted molar refractivity (Wildman–Crippen MR) is 90.5 cm³/mol. The fourth-order valence-electron chi connectivity index (χ4n) is 2.24. The van der Waals surface area contributed by atoms with E-state index in [-0.39, 0.29) is 12.5 Å². The van der Waals surface area contributed by atoms with Crippen LogP contribution in [0.2, 0.25) is 0 Å². The molecule has 2 N–H and O–H groups in total. The number of rotatable bonds is 8. The van der Waals surface area contributed by atoms with Crippen molar-refractivity contribution in [3.63, 3.8) is 0 Å². The highest BCUT2D eigenvalue weighted by Crippen LogP contribution is 2.19. The standard InChI is InChI=1S/C17H27N3O3/c1-5-6-9-18-17(22)19-16(21)12-20(3)11-14-7-8-15(23-4)13(2)10-14/h7-8,10H,5-6,9,11-12H2,1-4H3,(H2,18,19,21,22). The molecule has 0 aromatic heterocycles. The number of hydrogen-bond acceptors (Lipinski definition) is 4. The summed E-state index contributed by atoms with van der Waals surface area (Å²) in [6.07, 6.45) is 1.90. The minimum atomic E-state index is -0.433. The van der Waals surface area contributed by atoms with Crippen molar-refractivity contribution in [1.29, 1.82) is 0 Å². The van der Waals surface area contributed by atoms with Gasteiger partial charge in [0.25, 0.3) is 0 Å². The van der Waals surface area contributed by atoms with Gasteiger partial charge in [0.15, 0.2) is 0 Å². The first-order chi connectivity index (χ1) is 11.0. The van der Waals surface area contributed by atoms with E-state index in [1.54, 1.807) is 7.11 Å². The maximum absolute atomic E-state index is 11.8. The summed E-state index contributed by atoms with van der Waals surface area (Å²) in [6.45, 7) is 5.38. The number of nitrogens with zero attached hydrogens (tertiary/aromatic N) is 1. The number of carbonyl (C=O) groups excluding carboxylic acids is 2. The van der Waals surface area contributed by atoms with E-state index in [0.717, 1.165) is 29.7 Å². The summed E-state index contributed by atoms with van der Waals surface area (Å²) >= 11 is 0. The monoisotopic (exact) mass is 321 g/mol. The van der Waals surface area contributed by atoms with Gasteiger partial charge in [-0.15, -0.1) is 0 Å². The number of hydrogen-bond donors (Lipinski definition) is 2. The highest BCUT2D eigenvalue weighted by atomic mass is 16.5. The summed E-state index contributed by atoms with van der Waals surface area (Å²) in [6, 6.07) is 5.49. The van der Waals surface area contributed by atoms with Crippen molar-refractivity contribution < 1.29 is 14.3 Å². The third-order valence-electron chi connectivity index (χ3n) is 3.39. The summed E-state index contributed by atoms with van der Waals surface area (Å²) in [5.74, 6) is 0.532. The van der Waals surface area contributed by atoms with Gasteiger partial charge >= 0.3 is 6.03 Å². The maximum atomic E-state index is 11.8. The Morgan fingerprint density at radius 1 is 1.30 bits per heavy atom. The third kappa shape index (κ3) is 7.15. The van der Waals surface area contributed by atoms with Gasteiger partial charge in [-0.1, -0.05) is 25.5 Å². The molecule has 0 radical (unpaired) electrons. The van der Waals surface area contributed by atoms with Crippen molar-refractivity contribution in [3.8, 4) is 5.75 Å². The van der Waals surface area contributed by atoms with Gasteiger partial charge in [-0.2, -0.15) is 0 Å². The van der Waals surface area contributed by atoms with E-state index in [9.17, 15) is 9.59 Å². The summed E-state index contributed by atoms with van der Waals surface area (Å²) in [5.41, 5.74) is 2.14. The summed E-state index contributed by atoms with van der Waals surface area (Å²) < 4.78 is 5.23. The van der Waals surface area contributed by atoms with Crippen molar-refractivity contribution in [2.45, 2.75) is 33.2 Å². The second-order valence-corrected chi connectivity index (χ2v) is 5.63. The number of likely N-dealkylation sites (N-methyl/N-ethyl adjacent to an activating group) is 1. The Kier molecular flexibility index (Phi) is 8.11. The van der Waals surface area contributed by atoms with Crippen LogP contribution in [0.25, 0.3) is 0 Å². The number of ether oxygens (including phenoxy) is 1. The Hall–Kier alpha value is -2.08. The molecule has 0 aliphatic rings. The average Bonchev–Trinajstić information content (AvgIpc) is 2.47. The predicted octanol–water partition coefficient (Wildman–Crippen LogP) is 2.06. The molecule has 0 aliphatic heterocycles. The van der Waals surface area contributed by atoms with Gasteiger partial charge in [-0.25, -0.2) is 4.79 Å². The quantitative estimate of drug-likeness (QED) is 0.719. The molecule has 6 nitrogen and oxygen atoms in total. The van der Waals surface area contributed by atoms with Gasteiger partial charge in [0, 0.05) is 13.1 Å². The van der Waals surface area contributed by atoms with Crippen LogP contribution >= 0.6 is 0 Å². The molecule has 128 valence electrons. The first-order valence-corrected chi connectivity index (χ1v) is 7.86. The second kappa shape index (κ2) is 9.84. The largest absolute Gasteiger partial charge is 0.496 e. The van der Waals surface area contributed by atoms with Crippen molar-refractivity contribution in [3.05, 3.63) is 29.3 Å². The Morgan fingerprint density at radius 3 is 2.65 bits per heavy atom. The molecule has 0 saturated carbocycles.